The first kappa shape index (κ1) is 26.6. The average molecular weight is 530 g/mol. The van der Waals surface area contributed by atoms with E-state index in [2.05, 4.69) is 12.2 Å². The molecule has 0 radical (unpaired) electrons. The Morgan fingerprint density at radius 3 is 2.31 bits per heavy atom. The Labute approximate surface area is 228 Å². The summed E-state index contributed by atoms with van der Waals surface area (Å²) in [7, 11) is 0. The molecule has 204 valence electrons. The van der Waals surface area contributed by atoms with E-state index in [4.69, 9.17) is 9.47 Å². The predicted octanol–water partition coefficient (Wildman–Crippen LogP) is 7.53. The van der Waals surface area contributed by atoms with Crippen molar-refractivity contribution in [3.05, 3.63) is 76.9 Å². The molecule has 3 N–H and O–H groups in total. The summed E-state index contributed by atoms with van der Waals surface area (Å²) in [6.07, 6.45) is 10.7. The van der Waals surface area contributed by atoms with Crippen LogP contribution in [0.3, 0.4) is 0 Å². The smallest absolute Gasteiger partial charge is 0.340 e. The number of phenols is 2. The van der Waals surface area contributed by atoms with Crippen molar-refractivity contribution in [3.8, 4) is 23.0 Å². The summed E-state index contributed by atoms with van der Waals surface area (Å²) in [5.41, 5.74) is 0.841. The highest BCUT2D eigenvalue weighted by molar-refractivity contribution is 5.99. The molecule has 5 rings (SSSR count). The van der Waals surface area contributed by atoms with E-state index in [1.165, 1.54) is 56.7 Å². The lowest BCUT2D eigenvalue weighted by Gasteiger charge is -2.37. The molecule has 0 saturated carbocycles. The highest BCUT2D eigenvalue weighted by Gasteiger charge is 2.54. The first-order chi connectivity index (χ1) is 19.0. The number of benzene rings is 3. The molecule has 0 saturated heterocycles. The molecule has 1 amide bonds. The van der Waals surface area contributed by atoms with Crippen LogP contribution >= 0.6 is 0 Å². The van der Waals surface area contributed by atoms with Crippen molar-refractivity contribution in [2.24, 2.45) is 0 Å². The van der Waals surface area contributed by atoms with E-state index < -0.39 is 11.6 Å². The van der Waals surface area contributed by atoms with Crippen molar-refractivity contribution in [1.29, 1.82) is 0 Å². The van der Waals surface area contributed by atoms with Crippen LogP contribution in [0, 0.1) is 0 Å². The zero-order valence-electron chi connectivity index (χ0n) is 22.3. The zero-order chi connectivity index (χ0) is 27.4. The lowest BCUT2D eigenvalue weighted by molar-refractivity contribution is -0.116. The molecule has 3 aromatic carbocycles. The molecule has 2 aliphatic heterocycles. The van der Waals surface area contributed by atoms with Gasteiger partial charge in [0.15, 0.2) is 11.4 Å². The van der Waals surface area contributed by atoms with Gasteiger partial charge in [-0.25, -0.2) is 4.79 Å². The Hall–Kier alpha value is -4.00. The molecule has 2 heterocycles. The molecule has 7 nitrogen and oxygen atoms in total. The fourth-order valence-corrected chi connectivity index (χ4v) is 5.63. The van der Waals surface area contributed by atoms with E-state index >= 15 is 0 Å². The number of unbranched alkanes of at least 4 members (excludes halogenated alkanes) is 8. The van der Waals surface area contributed by atoms with Crippen molar-refractivity contribution in [2.75, 3.05) is 5.32 Å². The number of rotatable bonds is 11. The van der Waals surface area contributed by atoms with E-state index in [1.54, 1.807) is 24.3 Å². The van der Waals surface area contributed by atoms with Crippen LogP contribution in [-0.4, -0.2) is 22.1 Å². The van der Waals surface area contributed by atoms with Gasteiger partial charge >= 0.3 is 5.97 Å². The Kier molecular flexibility index (Phi) is 7.77. The van der Waals surface area contributed by atoms with Crippen molar-refractivity contribution < 1.29 is 29.3 Å². The van der Waals surface area contributed by atoms with Gasteiger partial charge in [0.2, 0.25) is 5.91 Å². The largest absolute Gasteiger partial charge is 0.508 e. The number of aromatic hydroxyl groups is 2. The minimum absolute atomic E-state index is 0.0268. The molecule has 1 spiro atoms. The Balaban J connectivity index is 1.38. The number of ether oxygens (including phenoxy) is 2. The summed E-state index contributed by atoms with van der Waals surface area (Å²) in [6, 6.07) is 14.8. The Bertz CT molecular complexity index is 1380. The first-order valence-corrected chi connectivity index (χ1v) is 14.0. The van der Waals surface area contributed by atoms with E-state index in [0.717, 1.165) is 19.3 Å². The van der Waals surface area contributed by atoms with Gasteiger partial charge in [0.25, 0.3) is 0 Å². The molecule has 2 aliphatic rings. The van der Waals surface area contributed by atoms with E-state index in [-0.39, 0.29) is 34.6 Å². The maximum atomic E-state index is 13.0. The van der Waals surface area contributed by atoms with Crippen LogP contribution in [-0.2, 0) is 15.1 Å². The van der Waals surface area contributed by atoms with E-state index in [1.807, 2.05) is 12.1 Å². The molecule has 3 aromatic rings. The predicted molar refractivity (Wildman–Crippen MR) is 149 cm³/mol. The van der Waals surface area contributed by atoms with Crippen LogP contribution < -0.4 is 10.1 Å². The standard InChI is InChI=1S/C32H35NO6/c1-2-3-4-5-6-7-8-9-10-15-28(36)33-29-26(35)19-18-25-30(29)38-27-20-21(34)16-17-24(27)32(25)23-14-12-11-13-22(23)31(37)39-32/h11-14,16-20,34-35H,2-10,15H2,1H3,(H,33,36). The van der Waals surface area contributed by atoms with Crippen LogP contribution in [0.4, 0.5) is 5.69 Å². The highest BCUT2D eigenvalue weighted by atomic mass is 16.6. The van der Waals surface area contributed by atoms with Crippen LogP contribution in [0.5, 0.6) is 23.0 Å². The summed E-state index contributed by atoms with van der Waals surface area (Å²) in [5, 5.41) is 23.8. The lowest BCUT2D eigenvalue weighted by atomic mass is 9.77. The second kappa shape index (κ2) is 11.4. The third-order valence-corrected chi connectivity index (χ3v) is 7.62. The zero-order valence-corrected chi connectivity index (χ0v) is 22.3. The topological polar surface area (TPSA) is 105 Å². The van der Waals surface area contributed by atoms with Gasteiger partial charge < -0.3 is 25.0 Å². The third kappa shape index (κ3) is 5.05. The minimum Gasteiger partial charge on any atom is -0.508 e. The van der Waals surface area contributed by atoms with E-state index in [0.29, 0.717) is 28.7 Å². The molecule has 1 unspecified atom stereocenters. The van der Waals surface area contributed by atoms with Crippen molar-refractivity contribution in [2.45, 2.75) is 76.7 Å². The second-order valence-electron chi connectivity index (χ2n) is 10.4. The van der Waals surface area contributed by atoms with Crippen molar-refractivity contribution in [1.82, 2.24) is 0 Å². The van der Waals surface area contributed by atoms with Gasteiger partial charge in [0.05, 0.1) is 11.1 Å². The molecule has 39 heavy (non-hydrogen) atoms. The average Bonchev–Trinajstić information content (AvgIpc) is 3.22. The van der Waals surface area contributed by atoms with Crippen LogP contribution in [0.25, 0.3) is 0 Å². The summed E-state index contributed by atoms with van der Waals surface area (Å²) in [6.45, 7) is 2.21. The maximum Gasteiger partial charge on any atom is 0.340 e. The molecular weight excluding hydrogens is 494 g/mol. The molecule has 0 fully saturated rings. The van der Waals surface area contributed by atoms with Gasteiger partial charge in [-0.15, -0.1) is 0 Å². The Morgan fingerprint density at radius 1 is 0.846 bits per heavy atom. The normalized spacial score (nSPS) is 16.7. The van der Waals surface area contributed by atoms with Gasteiger partial charge in [0.1, 0.15) is 22.9 Å². The second-order valence-corrected chi connectivity index (χ2v) is 10.4. The van der Waals surface area contributed by atoms with Gasteiger partial charge in [-0.3, -0.25) is 4.79 Å². The monoisotopic (exact) mass is 529 g/mol. The first-order valence-electron chi connectivity index (χ1n) is 14.0. The number of hydrogen-bond donors (Lipinski definition) is 3. The molecule has 0 aromatic heterocycles. The van der Waals surface area contributed by atoms with Crippen molar-refractivity contribution >= 4 is 17.6 Å². The van der Waals surface area contributed by atoms with Crippen LogP contribution in [0.1, 0.15) is 98.2 Å². The number of fused-ring (bicyclic) bond motifs is 6. The van der Waals surface area contributed by atoms with E-state index in [9.17, 15) is 19.8 Å². The molecule has 7 heteroatoms. The van der Waals surface area contributed by atoms with Gasteiger partial charge in [-0.2, -0.15) is 0 Å². The number of phenolic OH excluding ortho intramolecular Hbond substituents is 2. The Morgan fingerprint density at radius 2 is 1.54 bits per heavy atom. The van der Waals surface area contributed by atoms with Gasteiger partial charge in [-0.05, 0) is 36.8 Å². The minimum atomic E-state index is -1.35. The quantitative estimate of drug-likeness (QED) is 0.135. The summed E-state index contributed by atoms with van der Waals surface area (Å²) < 4.78 is 12.3. The van der Waals surface area contributed by atoms with Gasteiger partial charge in [0, 0.05) is 23.6 Å². The number of nitrogens with one attached hydrogen (secondary N) is 1. The summed E-state index contributed by atoms with van der Waals surface area (Å²) in [5.74, 6) is -0.456. The molecule has 0 aliphatic carbocycles. The number of hydrogen-bond acceptors (Lipinski definition) is 6. The summed E-state index contributed by atoms with van der Waals surface area (Å²) >= 11 is 0. The fraction of sp³-hybridized carbons (Fsp3) is 0.375. The maximum absolute atomic E-state index is 13.0. The van der Waals surface area contributed by atoms with Crippen molar-refractivity contribution in [3.63, 3.8) is 0 Å². The molecule has 1 atom stereocenters. The number of esters is 1. The molecule has 0 bridgehead atoms. The van der Waals surface area contributed by atoms with Crippen LogP contribution in [0.2, 0.25) is 0 Å². The number of carbonyl (C=O) groups is 2. The lowest BCUT2D eigenvalue weighted by Crippen LogP contribution is -2.33. The van der Waals surface area contributed by atoms with Crippen LogP contribution in [0.15, 0.2) is 54.6 Å². The number of anilines is 1. The fourth-order valence-electron chi connectivity index (χ4n) is 5.63. The molecular formula is C32H35NO6. The SMILES string of the molecule is CCCCCCCCCCCC(=O)Nc1c(O)ccc2c1Oc1cc(O)ccc1C21OC(=O)c2ccccc21. The third-order valence-electron chi connectivity index (χ3n) is 7.62. The number of carbonyl (C=O) groups excluding carboxylic acids is 2. The highest BCUT2D eigenvalue weighted by Crippen LogP contribution is 2.59. The van der Waals surface area contributed by atoms with Gasteiger partial charge in [-0.1, -0.05) is 76.5 Å². The number of amides is 1. The summed E-state index contributed by atoms with van der Waals surface area (Å²) in [4.78, 5) is 25.9.